The van der Waals surface area contributed by atoms with E-state index in [0.29, 0.717) is 30.2 Å². The number of alkyl halides is 1. The molecule has 0 radical (unpaired) electrons. The second kappa shape index (κ2) is 21.7. The number of benzene rings is 2. The number of nitrogen functional groups attached to an aromatic ring is 2. The Hall–Kier alpha value is -1.96. The van der Waals surface area contributed by atoms with Gasteiger partial charge in [0.25, 0.3) is 0 Å². The van der Waals surface area contributed by atoms with Gasteiger partial charge in [0.2, 0.25) is 0 Å². The molecule has 2 atom stereocenters. The van der Waals surface area contributed by atoms with Crippen LogP contribution in [0.4, 0.5) is 11.4 Å². The largest absolute Gasteiger partial charge is 0.478 e. The van der Waals surface area contributed by atoms with Gasteiger partial charge >= 0.3 is 11.9 Å². The molecule has 0 aromatic heterocycles. The highest BCUT2D eigenvalue weighted by atomic mass is 79.9. The van der Waals surface area contributed by atoms with Crippen LogP contribution in [0, 0.1) is 0 Å². The molecule has 17 heteroatoms. The molecular formula is C24H35BrN2O10S4. The molecule has 0 bridgehead atoms. The molecule has 12 nitrogen and oxygen atoms in total. The van der Waals surface area contributed by atoms with E-state index < -0.39 is 29.5 Å². The molecule has 0 saturated heterocycles. The van der Waals surface area contributed by atoms with Crippen molar-refractivity contribution in [3.8, 4) is 0 Å². The number of rotatable bonds is 15. The summed E-state index contributed by atoms with van der Waals surface area (Å²) < 4.78 is 46.7. The van der Waals surface area contributed by atoms with E-state index in [9.17, 15) is 18.0 Å². The Balaban J connectivity index is 0.000000643. The maximum atomic E-state index is 11.6. The summed E-state index contributed by atoms with van der Waals surface area (Å²) in [5, 5.41) is 9.21. The highest BCUT2D eigenvalue weighted by molar-refractivity contribution is 9.09. The van der Waals surface area contributed by atoms with Gasteiger partial charge < -0.3 is 30.8 Å². The molecule has 41 heavy (non-hydrogen) atoms. The highest BCUT2D eigenvalue weighted by Gasteiger charge is 2.07. The second-order valence-electron chi connectivity index (χ2n) is 7.46. The van der Waals surface area contributed by atoms with Gasteiger partial charge in [0.15, 0.2) is 0 Å². The zero-order valence-corrected chi connectivity index (χ0v) is 27.4. The van der Waals surface area contributed by atoms with Crippen molar-refractivity contribution < 1.29 is 45.7 Å². The smallest absolute Gasteiger partial charge is 0.338 e. The van der Waals surface area contributed by atoms with Crippen LogP contribution in [-0.4, -0.2) is 89.6 Å². The summed E-state index contributed by atoms with van der Waals surface area (Å²) in [6, 6.07) is 12.5. The molecule has 232 valence electrons. The minimum absolute atomic E-state index is 0.106. The Morgan fingerprint density at radius 1 is 0.756 bits per heavy atom. The fraction of sp³-hybridized carbons (Fsp3) is 0.417. The zero-order chi connectivity index (χ0) is 31.3. The van der Waals surface area contributed by atoms with E-state index >= 15 is 0 Å². The maximum Gasteiger partial charge on any atom is 0.338 e. The van der Waals surface area contributed by atoms with Crippen LogP contribution in [0.15, 0.2) is 48.5 Å². The zero-order valence-electron chi connectivity index (χ0n) is 22.6. The van der Waals surface area contributed by atoms with Gasteiger partial charge in [-0.15, -0.1) is 0 Å². The molecule has 2 aromatic rings. The van der Waals surface area contributed by atoms with E-state index in [-0.39, 0.29) is 36.9 Å². The average Bonchev–Trinajstić information content (AvgIpc) is 2.94. The number of nitrogens with two attached hydrogens (primary N) is 2. The number of carbonyl (C=O) groups is 2. The summed E-state index contributed by atoms with van der Waals surface area (Å²) in [5.41, 5.74) is 12.7. The lowest BCUT2D eigenvalue weighted by atomic mass is 10.2. The second-order valence-corrected chi connectivity index (χ2v) is 15.0. The molecule has 0 heterocycles. The van der Waals surface area contributed by atoms with Crippen molar-refractivity contribution in [2.24, 2.45) is 0 Å². The van der Waals surface area contributed by atoms with Crippen LogP contribution in [0.1, 0.15) is 20.7 Å². The minimum atomic E-state index is -2.68. The third kappa shape index (κ3) is 20.5. The third-order valence-electron chi connectivity index (χ3n) is 4.45. The van der Waals surface area contributed by atoms with Crippen LogP contribution in [-0.2, 0) is 62.5 Å². The molecule has 0 aliphatic rings. The normalized spacial score (nSPS) is 13.2. The van der Waals surface area contributed by atoms with E-state index in [2.05, 4.69) is 46.7 Å². The Morgan fingerprint density at radius 2 is 1.17 bits per heavy atom. The number of ether oxygens (including phenoxy) is 3. The topological polar surface area (TPSA) is 187 Å². The van der Waals surface area contributed by atoms with Crippen molar-refractivity contribution in [3.63, 3.8) is 0 Å². The predicted octanol–water partition coefficient (Wildman–Crippen LogP) is 2.42. The van der Waals surface area contributed by atoms with Crippen molar-refractivity contribution in [3.05, 3.63) is 59.7 Å². The quantitative estimate of drug-likeness (QED) is 0.105. The van der Waals surface area contributed by atoms with Crippen LogP contribution >= 0.6 is 15.9 Å². The first-order valence-electron chi connectivity index (χ1n) is 11.7. The molecule has 0 amide bonds. The van der Waals surface area contributed by atoms with Crippen molar-refractivity contribution >= 4 is 79.2 Å². The van der Waals surface area contributed by atoms with Crippen molar-refractivity contribution in [2.75, 3.05) is 75.6 Å². The molecule has 0 fully saturated rings. The molecule has 0 saturated carbocycles. The van der Waals surface area contributed by atoms with Crippen LogP contribution in [0.2, 0.25) is 0 Å². The lowest BCUT2D eigenvalue weighted by Crippen LogP contribution is -2.15. The van der Waals surface area contributed by atoms with Gasteiger partial charge in [-0.2, -0.15) is 0 Å². The lowest BCUT2D eigenvalue weighted by molar-refractivity contribution is 0.0337. The number of hydrogen-bond acceptors (Lipinski definition) is 13. The molecule has 2 aromatic carbocycles. The van der Waals surface area contributed by atoms with Crippen LogP contribution in [0.5, 0.6) is 0 Å². The van der Waals surface area contributed by atoms with Gasteiger partial charge in [-0.25, -0.2) is 18.0 Å². The molecular weight excluding hydrogens is 684 g/mol. The Kier molecular flexibility index (Phi) is 20.7. The van der Waals surface area contributed by atoms with Gasteiger partial charge in [0, 0.05) is 39.1 Å². The SMILES string of the molecule is COS(=O)(=S)CCOCCBr.COS(=O)(=S)CCOCCOC(=O)c1ccc(N)cc1.Nc1ccc(C(=O)O)cc1. The van der Waals surface area contributed by atoms with E-state index in [1.54, 1.807) is 36.4 Å². The van der Waals surface area contributed by atoms with Crippen molar-refractivity contribution in [2.45, 2.75) is 0 Å². The number of aromatic carboxylic acids is 1. The van der Waals surface area contributed by atoms with E-state index in [1.165, 1.54) is 26.4 Å². The van der Waals surface area contributed by atoms with Gasteiger partial charge in [0.1, 0.15) is 24.2 Å². The first-order chi connectivity index (χ1) is 19.3. The van der Waals surface area contributed by atoms with Gasteiger partial charge in [0.05, 0.1) is 63.3 Å². The molecule has 2 rings (SSSR count). The number of carbonyl (C=O) groups excluding carboxylic acids is 1. The molecule has 5 N–H and O–H groups in total. The number of carboxylic acid groups (broad SMARTS) is 1. The van der Waals surface area contributed by atoms with E-state index in [4.69, 9.17) is 30.8 Å². The summed E-state index contributed by atoms with van der Waals surface area (Å²) in [6.07, 6.45) is 0. The average molecular weight is 720 g/mol. The molecule has 0 spiro atoms. The molecule has 0 aliphatic carbocycles. The Labute approximate surface area is 258 Å². The van der Waals surface area contributed by atoms with E-state index in [1.807, 2.05) is 0 Å². The third-order valence-corrected chi connectivity index (χ3v) is 8.94. The number of anilines is 2. The van der Waals surface area contributed by atoms with Crippen molar-refractivity contribution in [1.29, 1.82) is 0 Å². The first kappa shape index (κ1) is 39.0. The summed E-state index contributed by atoms with van der Waals surface area (Å²) in [7, 11) is -2.55. The monoisotopic (exact) mass is 718 g/mol. The number of halogens is 1. The van der Waals surface area contributed by atoms with Crippen molar-refractivity contribution in [1.82, 2.24) is 0 Å². The lowest BCUT2D eigenvalue weighted by Gasteiger charge is -2.07. The summed E-state index contributed by atoms with van der Waals surface area (Å²) in [5.74, 6) is -0.964. The number of esters is 1. The fourth-order valence-electron chi connectivity index (χ4n) is 2.27. The highest BCUT2D eigenvalue weighted by Crippen LogP contribution is 2.07. The Bertz CT molecular complexity index is 1240. The minimum Gasteiger partial charge on any atom is -0.478 e. The molecule has 0 aliphatic heterocycles. The van der Waals surface area contributed by atoms with Gasteiger partial charge in [-0.05, 0) is 48.5 Å². The Morgan fingerprint density at radius 3 is 1.56 bits per heavy atom. The van der Waals surface area contributed by atoms with Gasteiger partial charge in [-0.3, -0.25) is 8.37 Å². The summed E-state index contributed by atoms with van der Waals surface area (Å²) in [4.78, 5) is 21.9. The predicted molar refractivity (Wildman–Crippen MR) is 169 cm³/mol. The van der Waals surface area contributed by atoms with Crippen LogP contribution in [0.3, 0.4) is 0 Å². The summed E-state index contributed by atoms with van der Waals surface area (Å²) >= 11 is 12.5. The van der Waals surface area contributed by atoms with E-state index in [0.717, 1.165) is 5.33 Å². The molecule has 2 unspecified atom stereocenters. The maximum absolute atomic E-state index is 11.6. The fourth-order valence-corrected chi connectivity index (χ4v) is 3.88. The van der Waals surface area contributed by atoms with Gasteiger partial charge in [-0.1, -0.05) is 15.9 Å². The van der Waals surface area contributed by atoms with Crippen LogP contribution in [0.25, 0.3) is 0 Å². The number of carboxylic acids is 1. The van der Waals surface area contributed by atoms with Crippen LogP contribution < -0.4 is 11.5 Å². The number of hydrogen-bond donors (Lipinski definition) is 3. The first-order valence-corrected chi connectivity index (χ1v) is 17.9. The standard InChI is InChI=1S/C12H17NO5S2.C7H7NO2.C5H11BrO3S2/c1-16-20(15,19)9-8-17-6-7-18-12(14)10-2-4-11(13)5-3-10;8-6-3-1-5(2-4-6)7(9)10;1-8-11(7,10)5-4-9-3-2-6/h2-5H,6-9,13H2,1H3;1-4H,8H2,(H,9,10);2-5H2,1H3. The summed E-state index contributed by atoms with van der Waals surface area (Å²) in [6.45, 7) is 1.50.